The number of benzene rings is 1. The third-order valence-electron chi connectivity index (χ3n) is 3.97. The minimum atomic E-state index is -2.84. The number of sulfone groups is 1. The van der Waals surface area contributed by atoms with Gasteiger partial charge in [-0.1, -0.05) is 12.1 Å². The molecule has 0 bridgehead atoms. The predicted octanol–water partition coefficient (Wildman–Crippen LogP) is 2.76. The average molecular weight is 333 g/mol. The first kappa shape index (κ1) is 17.1. The van der Waals surface area contributed by atoms with Crippen LogP contribution in [0.5, 0.6) is 5.75 Å². The van der Waals surface area contributed by atoms with Crippen molar-refractivity contribution in [3.63, 3.8) is 0 Å². The highest BCUT2D eigenvalue weighted by atomic mass is 32.2. The van der Waals surface area contributed by atoms with Gasteiger partial charge in [-0.2, -0.15) is 8.78 Å². The summed E-state index contributed by atoms with van der Waals surface area (Å²) in [5, 5.41) is 3.34. The van der Waals surface area contributed by atoms with E-state index in [1.807, 2.05) is 13.0 Å². The van der Waals surface area contributed by atoms with Gasteiger partial charge in [-0.15, -0.1) is 0 Å². The zero-order chi connectivity index (χ0) is 16.2. The van der Waals surface area contributed by atoms with E-state index in [4.69, 9.17) is 0 Å². The van der Waals surface area contributed by atoms with E-state index < -0.39 is 16.4 Å². The summed E-state index contributed by atoms with van der Waals surface area (Å²) in [6.45, 7) is -0.166. The molecule has 0 spiro atoms. The molecule has 1 N–H and O–H groups in total. The van der Waals surface area contributed by atoms with Crippen LogP contribution in [0.1, 0.15) is 31.4 Å². The number of hydrogen-bond acceptors (Lipinski definition) is 4. The molecule has 0 aliphatic carbocycles. The van der Waals surface area contributed by atoms with E-state index in [1.165, 1.54) is 6.07 Å². The van der Waals surface area contributed by atoms with Crippen molar-refractivity contribution in [2.24, 2.45) is 5.92 Å². The number of ether oxygens (including phenoxy) is 1. The molecule has 1 fully saturated rings. The zero-order valence-corrected chi connectivity index (χ0v) is 13.3. The largest absolute Gasteiger partial charge is 0.435 e. The van der Waals surface area contributed by atoms with Gasteiger partial charge in [-0.05, 0) is 49.9 Å². The van der Waals surface area contributed by atoms with Crippen molar-refractivity contribution >= 4 is 9.84 Å². The lowest BCUT2D eigenvalue weighted by Crippen LogP contribution is -2.32. The molecule has 1 aliphatic heterocycles. The van der Waals surface area contributed by atoms with Crippen LogP contribution in [0.25, 0.3) is 0 Å². The Morgan fingerprint density at radius 1 is 1.32 bits per heavy atom. The SMILES string of the molecule is C[C@@H](NCC1CCS(=O)(=O)CC1)c1cccc(OC(F)F)c1. The molecule has 2 rings (SSSR count). The van der Waals surface area contributed by atoms with E-state index in [2.05, 4.69) is 10.1 Å². The molecule has 1 aromatic rings. The summed E-state index contributed by atoms with van der Waals surface area (Å²) < 4.78 is 51.6. The fourth-order valence-corrected chi connectivity index (χ4v) is 4.15. The topological polar surface area (TPSA) is 55.4 Å². The molecule has 0 unspecified atom stereocenters. The molecule has 1 aliphatic rings. The molecule has 7 heteroatoms. The summed E-state index contributed by atoms with van der Waals surface area (Å²) in [7, 11) is -2.84. The molecular formula is C15H21F2NO3S. The quantitative estimate of drug-likeness (QED) is 0.870. The maximum absolute atomic E-state index is 12.2. The Morgan fingerprint density at radius 3 is 2.64 bits per heavy atom. The first-order chi connectivity index (χ1) is 10.4. The highest BCUT2D eigenvalue weighted by Gasteiger charge is 2.23. The maximum Gasteiger partial charge on any atom is 0.387 e. The number of alkyl halides is 2. The van der Waals surface area contributed by atoms with Gasteiger partial charge in [0.15, 0.2) is 0 Å². The molecule has 22 heavy (non-hydrogen) atoms. The second-order valence-corrected chi connectivity index (χ2v) is 7.98. The van der Waals surface area contributed by atoms with Gasteiger partial charge in [0.05, 0.1) is 11.5 Å². The van der Waals surface area contributed by atoms with Crippen molar-refractivity contribution in [2.45, 2.75) is 32.4 Å². The van der Waals surface area contributed by atoms with Crippen LogP contribution in [-0.2, 0) is 9.84 Å². The fourth-order valence-electron chi connectivity index (χ4n) is 2.56. The van der Waals surface area contributed by atoms with Crippen molar-refractivity contribution in [3.8, 4) is 5.75 Å². The van der Waals surface area contributed by atoms with Gasteiger partial charge in [0.1, 0.15) is 15.6 Å². The number of nitrogens with one attached hydrogen (secondary N) is 1. The normalized spacial score (nSPS) is 20.0. The van der Waals surface area contributed by atoms with Crippen LogP contribution < -0.4 is 10.1 Å². The molecule has 1 atom stereocenters. The van der Waals surface area contributed by atoms with Crippen molar-refractivity contribution in [1.82, 2.24) is 5.32 Å². The minimum Gasteiger partial charge on any atom is -0.435 e. The van der Waals surface area contributed by atoms with Crippen LogP contribution in [-0.4, -0.2) is 33.1 Å². The summed E-state index contributed by atoms with van der Waals surface area (Å²) in [6.07, 6.45) is 1.35. The van der Waals surface area contributed by atoms with Gasteiger partial charge in [0, 0.05) is 6.04 Å². The second-order valence-electron chi connectivity index (χ2n) is 5.68. The molecule has 0 radical (unpaired) electrons. The van der Waals surface area contributed by atoms with Gasteiger partial charge in [0.2, 0.25) is 0 Å². The molecule has 0 saturated carbocycles. The van der Waals surface area contributed by atoms with E-state index in [-0.39, 0.29) is 23.3 Å². The summed E-state index contributed by atoms with van der Waals surface area (Å²) in [5.74, 6) is 0.994. The molecular weight excluding hydrogens is 312 g/mol. The highest BCUT2D eigenvalue weighted by Crippen LogP contribution is 2.22. The number of rotatable bonds is 6. The fraction of sp³-hybridized carbons (Fsp3) is 0.600. The van der Waals surface area contributed by atoms with Crippen molar-refractivity contribution in [2.75, 3.05) is 18.1 Å². The van der Waals surface area contributed by atoms with Crippen molar-refractivity contribution in [1.29, 1.82) is 0 Å². The second kappa shape index (κ2) is 7.37. The molecule has 1 saturated heterocycles. The smallest absolute Gasteiger partial charge is 0.387 e. The molecule has 0 aromatic heterocycles. The summed E-state index contributed by atoms with van der Waals surface area (Å²) >= 11 is 0. The molecule has 4 nitrogen and oxygen atoms in total. The van der Waals surface area contributed by atoms with Crippen LogP contribution in [0.2, 0.25) is 0 Å². The van der Waals surface area contributed by atoms with E-state index in [0.29, 0.717) is 18.8 Å². The number of halogens is 2. The van der Waals surface area contributed by atoms with Gasteiger partial charge < -0.3 is 10.1 Å². The lowest BCUT2D eigenvalue weighted by Gasteiger charge is -2.24. The Kier molecular flexibility index (Phi) is 5.74. The highest BCUT2D eigenvalue weighted by molar-refractivity contribution is 7.91. The summed E-state index contributed by atoms with van der Waals surface area (Å²) in [4.78, 5) is 0. The lowest BCUT2D eigenvalue weighted by molar-refractivity contribution is -0.0499. The first-order valence-electron chi connectivity index (χ1n) is 7.34. The first-order valence-corrected chi connectivity index (χ1v) is 9.16. The molecule has 124 valence electrons. The van der Waals surface area contributed by atoms with Crippen LogP contribution in [0.3, 0.4) is 0 Å². The maximum atomic E-state index is 12.2. The third-order valence-corrected chi connectivity index (χ3v) is 5.69. The summed E-state index contributed by atoms with van der Waals surface area (Å²) in [5.41, 5.74) is 0.863. The van der Waals surface area contributed by atoms with Gasteiger partial charge in [-0.25, -0.2) is 8.42 Å². The lowest BCUT2D eigenvalue weighted by atomic mass is 10.0. The van der Waals surface area contributed by atoms with Crippen molar-refractivity contribution in [3.05, 3.63) is 29.8 Å². The van der Waals surface area contributed by atoms with Gasteiger partial charge >= 0.3 is 6.61 Å². The Morgan fingerprint density at radius 2 is 2.00 bits per heavy atom. The Hall–Kier alpha value is -1.21. The van der Waals surface area contributed by atoms with E-state index in [0.717, 1.165) is 12.1 Å². The average Bonchev–Trinajstić information content (AvgIpc) is 2.45. The summed E-state index contributed by atoms with van der Waals surface area (Å²) in [6, 6.07) is 6.60. The van der Waals surface area contributed by atoms with Crippen LogP contribution in [0, 0.1) is 5.92 Å². The molecule has 0 amide bonds. The van der Waals surface area contributed by atoms with Gasteiger partial charge in [0.25, 0.3) is 0 Å². The van der Waals surface area contributed by atoms with Crippen LogP contribution in [0.15, 0.2) is 24.3 Å². The Balaban J connectivity index is 1.86. The van der Waals surface area contributed by atoms with Gasteiger partial charge in [-0.3, -0.25) is 0 Å². The van der Waals surface area contributed by atoms with E-state index >= 15 is 0 Å². The van der Waals surface area contributed by atoms with Crippen LogP contribution in [0.4, 0.5) is 8.78 Å². The predicted molar refractivity (Wildman–Crippen MR) is 80.9 cm³/mol. The minimum absolute atomic E-state index is 0.0141. The van der Waals surface area contributed by atoms with Crippen LogP contribution >= 0.6 is 0 Å². The standard InChI is InChI=1S/C15H21F2NO3S/c1-11(13-3-2-4-14(9-13)21-15(16)17)18-10-12-5-7-22(19,20)8-6-12/h2-4,9,11-12,15,18H,5-8,10H2,1H3/t11-/m1/s1. The van der Waals surface area contributed by atoms with E-state index in [9.17, 15) is 17.2 Å². The Labute approximate surface area is 129 Å². The zero-order valence-electron chi connectivity index (χ0n) is 12.5. The monoisotopic (exact) mass is 333 g/mol. The molecule has 1 aromatic carbocycles. The molecule has 1 heterocycles. The number of hydrogen-bond donors (Lipinski definition) is 1. The van der Waals surface area contributed by atoms with Crippen molar-refractivity contribution < 1.29 is 21.9 Å². The Bertz CT molecular complexity index is 578. The van der Waals surface area contributed by atoms with E-state index in [1.54, 1.807) is 12.1 Å². The third kappa shape index (κ3) is 5.21.